The topological polar surface area (TPSA) is 41.6 Å². The van der Waals surface area contributed by atoms with Crippen LogP contribution < -0.4 is 10.2 Å². The lowest BCUT2D eigenvalue weighted by molar-refractivity contribution is -0.138. The van der Waals surface area contributed by atoms with E-state index >= 15 is 0 Å². The van der Waals surface area contributed by atoms with E-state index in [1.54, 1.807) is 7.11 Å². The minimum atomic E-state index is -0.753. The van der Waals surface area contributed by atoms with Crippen molar-refractivity contribution < 1.29 is 9.53 Å². The van der Waals surface area contributed by atoms with Crippen molar-refractivity contribution >= 4 is 17.3 Å². The van der Waals surface area contributed by atoms with Gasteiger partial charge in [-0.2, -0.15) is 0 Å². The maximum atomic E-state index is 12.8. The number of rotatable bonds is 3. The van der Waals surface area contributed by atoms with Crippen LogP contribution in [0.1, 0.15) is 26.7 Å². The number of benzene rings is 1. The third kappa shape index (κ3) is 2.59. The minimum absolute atomic E-state index is 0.0358. The third-order valence-corrected chi connectivity index (χ3v) is 3.89. The van der Waals surface area contributed by atoms with Crippen LogP contribution in [0.4, 0.5) is 11.4 Å². The molecule has 19 heavy (non-hydrogen) atoms. The number of nitrogens with zero attached hydrogens (tertiary/aromatic N) is 1. The van der Waals surface area contributed by atoms with Crippen molar-refractivity contribution in [2.45, 2.75) is 32.3 Å². The van der Waals surface area contributed by atoms with Gasteiger partial charge in [-0.15, -0.1) is 0 Å². The highest BCUT2D eigenvalue weighted by atomic mass is 16.5. The van der Waals surface area contributed by atoms with Crippen molar-refractivity contribution in [2.24, 2.45) is 0 Å². The Bertz CT molecular complexity index is 455. The normalized spacial score (nSPS) is 17.9. The Labute approximate surface area is 114 Å². The van der Waals surface area contributed by atoms with Gasteiger partial charge in [0, 0.05) is 20.2 Å². The highest BCUT2D eigenvalue weighted by molar-refractivity contribution is 6.01. The number of amides is 1. The second-order valence-corrected chi connectivity index (χ2v) is 5.04. The summed E-state index contributed by atoms with van der Waals surface area (Å²) in [5.41, 5.74) is 1.21. The fraction of sp³-hybridized carbons (Fsp3) is 0.533. The predicted octanol–water partition coefficient (Wildman–Crippen LogP) is 2.65. The van der Waals surface area contributed by atoms with Crippen LogP contribution >= 0.6 is 0 Å². The Hall–Kier alpha value is -1.55. The molecule has 0 aliphatic carbocycles. The van der Waals surface area contributed by atoms with E-state index in [1.807, 2.05) is 43.0 Å². The highest BCUT2D eigenvalue weighted by Crippen LogP contribution is 2.31. The molecule has 4 heteroatoms. The summed E-state index contributed by atoms with van der Waals surface area (Å²) in [4.78, 5) is 14.6. The fourth-order valence-electron chi connectivity index (χ4n) is 2.32. The molecule has 1 N–H and O–H groups in total. The molecule has 2 rings (SSSR count). The van der Waals surface area contributed by atoms with Crippen LogP contribution in [0.15, 0.2) is 24.3 Å². The standard InChI is InChI=1S/C15H22N2O2/c1-4-15(2,19-3)14(18)17-11-7-10-16-12-8-5-6-9-13(12)17/h5-6,8-9,16H,4,7,10-11H2,1-3H3. The van der Waals surface area contributed by atoms with Gasteiger partial charge in [-0.25, -0.2) is 0 Å². The van der Waals surface area contributed by atoms with Crippen LogP contribution in [0.3, 0.4) is 0 Å². The number of fused-ring (bicyclic) bond motifs is 1. The highest BCUT2D eigenvalue weighted by Gasteiger charge is 2.36. The molecule has 1 atom stereocenters. The van der Waals surface area contributed by atoms with E-state index in [2.05, 4.69) is 5.32 Å². The largest absolute Gasteiger partial charge is 0.383 e. The number of para-hydroxylation sites is 2. The summed E-state index contributed by atoms with van der Waals surface area (Å²) in [5.74, 6) is 0.0358. The zero-order valence-electron chi connectivity index (χ0n) is 11.9. The van der Waals surface area contributed by atoms with Crippen LogP contribution in [0, 0.1) is 0 Å². The predicted molar refractivity (Wildman–Crippen MR) is 77.6 cm³/mol. The zero-order chi connectivity index (χ0) is 13.9. The van der Waals surface area contributed by atoms with Gasteiger partial charge in [0.25, 0.3) is 5.91 Å². The number of carbonyl (C=O) groups is 1. The van der Waals surface area contributed by atoms with Crippen LogP contribution in [-0.2, 0) is 9.53 Å². The summed E-state index contributed by atoms with van der Waals surface area (Å²) in [7, 11) is 1.60. The van der Waals surface area contributed by atoms with Gasteiger partial charge >= 0.3 is 0 Å². The number of anilines is 2. The molecule has 1 aliphatic rings. The van der Waals surface area contributed by atoms with Gasteiger partial charge in [-0.3, -0.25) is 4.79 Å². The van der Waals surface area contributed by atoms with Crippen molar-refractivity contribution in [1.82, 2.24) is 0 Å². The molecule has 0 radical (unpaired) electrons. The van der Waals surface area contributed by atoms with Gasteiger partial charge in [-0.05, 0) is 31.9 Å². The number of nitrogens with one attached hydrogen (secondary N) is 1. The average molecular weight is 262 g/mol. The van der Waals surface area contributed by atoms with Gasteiger partial charge in [0.05, 0.1) is 11.4 Å². The van der Waals surface area contributed by atoms with E-state index in [1.165, 1.54) is 0 Å². The maximum Gasteiger partial charge on any atom is 0.258 e. The lowest BCUT2D eigenvalue weighted by Crippen LogP contribution is -2.48. The first-order valence-electron chi connectivity index (χ1n) is 6.82. The number of hydrogen-bond donors (Lipinski definition) is 1. The molecule has 0 bridgehead atoms. The Kier molecular flexibility index (Phi) is 4.10. The molecule has 1 heterocycles. The molecule has 1 aromatic carbocycles. The molecule has 1 unspecified atom stereocenters. The smallest absolute Gasteiger partial charge is 0.258 e. The first kappa shape index (κ1) is 13.9. The molecular weight excluding hydrogens is 240 g/mol. The molecule has 4 nitrogen and oxygen atoms in total. The van der Waals surface area contributed by atoms with Crippen molar-refractivity contribution in [3.05, 3.63) is 24.3 Å². The molecule has 1 amide bonds. The van der Waals surface area contributed by atoms with Gasteiger partial charge in [0.2, 0.25) is 0 Å². The summed E-state index contributed by atoms with van der Waals surface area (Å²) < 4.78 is 5.45. The first-order chi connectivity index (χ1) is 9.12. The monoisotopic (exact) mass is 262 g/mol. The van der Waals surface area contributed by atoms with Crippen molar-refractivity contribution in [1.29, 1.82) is 0 Å². The molecular formula is C15H22N2O2. The fourth-order valence-corrected chi connectivity index (χ4v) is 2.32. The Morgan fingerprint density at radius 1 is 1.47 bits per heavy atom. The van der Waals surface area contributed by atoms with Crippen molar-refractivity contribution in [3.63, 3.8) is 0 Å². The summed E-state index contributed by atoms with van der Waals surface area (Å²) in [6, 6.07) is 7.94. The minimum Gasteiger partial charge on any atom is -0.383 e. The molecule has 0 saturated heterocycles. The van der Waals surface area contributed by atoms with Gasteiger partial charge < -0.3 is 15.0 Å². The van der Waals surface area contributed by atoms with Crippen LogP contribution in [0.2, 0.25) is 0 Å². The summed E-state index contributed by atoms with van der Waals surface area (Å²) in [6.45, 7) is 5.44. The second kappa shape index (κ2) is 5.61. The molecule has 0 spiro atoms. The Morgan fingerprint density at radius 2 is 2.21 bits per heavy atom. The number of hydrogen-bond acceptors (Lipinski definition) is 3. The third-order valence-electron chi connectivity index (χ3n) is 3.89. The van der Waals surface area contributed by atoms with Crippen LogP contribution in [-0.4, -0.2) is 31.7 Å². The van der Waals surface area contributed by atoms with E-state index < -0.39 is 5.60 Å². The molecule has 1 aliphatic heterocycles. The van der Waals surface area contributed by atoms with E-state index in [0.717, 1.165) is 30.9 Å². The lowest BCUT2D eigenvalue weighted by Gasteiger charge is -2.32. The zero-order valence-corrected chi connectivity index (χ0v) is 11.9. The SMILES string of the molecule is CCC(C)(OC)C(=O)N1CCCNc2ccccc21. The second-order valence-electron chi connectivity index (χ2n) is 5.04. The van der Waals surface area contributed by atoms with E-state index in [0.29, 0.717) is 6.42 Å². The average Bonchev–Trinajstić information content (AvgIpc) is 2.68. The maximum absolute atomic E-state index is 12.8. The van der Waals surface area contributed by atoms with Crippen LogP contribution in [0.25, 0.3) is 0 Å². The molecule has 1 aromatic rings. The van der Waals surface area contributed by atoms with Gasteiger partial charge in [-0.1, -0.05) is 19.1 Å². The van der Waals surface area contributed by atoms with Crippen molar-refractivity contribution in [2.75, 3.05) is 30.4 Å². The van der Waals surface area contributed by atoms with Crippen molar-refractivity contribution in [3.8, 4) is 0 Å². The number of methoxy groups -OCH3 is 1. The summed E-state index contributed by atoms with van der Waals surface area (Å²) in [6.07, 6.45) is 1.60. The van der Waals surface area contributed by atoms with Gasteiger partial charge in [0.1, 0.15) is 5.60 Å². The molecule has 104 valence electrons. The Morgan fingerprint density at radius 3 is 2.89 bits per heavy atom. The summed E-state index contributed by atoms with van der Waals surface area (Å²) >= 11 is 0. The van der Waals surface area contributed by atoms with E-state index in [-0.39, 0.29) is 5.91 Å². The number of carbonyl (C=O) groups excluding carboxylic acids is 1. The summed E-state index contributed by atoms with van der Waals surface area (Å²) in [5, 5.41) is 3.36. The molecule has 0 fully saturated rings. The van der Waals surface area contributed by atoms with Crippen LogP contribution in [0.5, 0.6) is 0 Å². The van der Waals surface area contributed by atoms with E-state index in [4.69, 9.17) is 4.74 Å². The molecule has 0 aromatic heterocycles. The van der Waals surface area contributed by atoms with Gasteiger partial charge in [0.15, 0.2) is 0 Å². The quantitative estimate of drug-likeness (QED) is 0.910. The molecule has 0 saturated carbocycles. The lowest BCUT2D eigenvalue weighted by atomic mass is 10.0. The van der Waals surface area contributed by atoms with E-state index in [9.17, 15) is 4.79 Å². The Balaban J connectivity index is 2.37. The number of ether oxygens (including phenoxy) is 1. The first-order valence-corrected chi connectivity index (χ1v) is 6.82.